The molecule has 0 aliphatic carbocycles. The zero-order valence-electron chi connectivity index (χ0n) is 17.5. The third-order valence-corrected chi connectivity index (χ3v) is 5.26. The maximum absolute atomic E-state index is 5.91. The van der Waals surface area contributed by atoms with Crippen molar-refractivity contribution in [1.82, 2.24) is 9.78 Å². The first kappa shape index (κ1) is 20.4. The summed E-state index contributed by atoms with van der Waals surface area (Å²) in [5.41, 5.74) is 3.52. The molecule has 3 heteroatoms. The van der Waals surface area contributed by atoms with Gasteiger partial charge in [-0.2, -0.15) is 5.10 Å². The molecule has 0 aliphatic heterocycles. The summed E-state index contributed by atoms with van der Waals surface area (Å²) in [6, 6.07) is 15.0. The third-order valence-electron chi connectivity index (χ3n) is 5.26. The van der Waals surface area contributed by atoms with E-state index < -0.39 is 0 Å². The molecule has 0 fully saturated rings. The third kappa shape index (κ3) is 5.85. The number of fused-ring (bicyclic) bond motifs is 1. The molecule has 0 radical (unpaired) electrons. The molecule has 0 spiro atoms. The Morgan fingerprint density at radius 3 is 2.32 bits per heavy atom. The van der Waals surface area contributed by atoms with Gasteiger partial charge in [0.05, 0.1) is 17.8 Å². The van der Waals surface area contributed by atoms with Crippen molar-refractivity contribution in [1.29, 1.82) is 0 Å². The van der Waals surface area contributed by atoms with Crippen molar-refractivity contribution >= 4 is 10.9 Å². The van der Waals surface area contributed by atoms with Gasteiger partial charge in [-0.3, -0.25) is 0 Å². The summed E-state index contributed by atoms with van der Waals surface area (Å²) in [7, 11) is 0. The largest absolute Gasteiger partial charge is 0.494 e. The monoisotopic (exact) mass is 378 g/mol. The van der Waals surface area contributed by atoms with Gasteiger partial charge in [0.1, 0.15) is 5.75 Å². The molecule has 28 heavy (non-hydrogen) atoms. The predicted molar refractivity (Wildman–Crippen MR) is 119 cm³/mol. The molecule has 1 aromatic heterocycles. The van der Waals surface area contributed by atoms with Crippen molar-refractivity contribution in [3.05, 3.63) is 54.2 Å². The molecule has 0 saturated carbocycles. The number of hydrogen-bond acceptors (Lipinski definition) is 2. The summed E-state index contributed by atoms with van der Waals surface area (Å²) < 4.78 is 7.88. The van der Waals surface area contributed by atoms with Gasteiger partial charge < -0.3 is 4.74 Å². The number of unbranched alkanes of at least 4 members (excludes halogenated alkanes) is 6. The highest BCUT2D eigenvalue weighted by Crippen LogP contribution is 2.22. The minimum absolute atomic E-state index is 0.791. The fraction of sp³-hybridized carbons (Fsp3) is 0.480. The van der Waals surface area contributed by atoms with Crippen LogP contribution in [-0.2, 0) is 6.42 Å². The highest BCUT2D eigenvalue weighted by Gasteiger charge is 2.05. The fourth-order valence-electron chi connectivity index (χ4n) is 3.52. The second kappa shape index (κ2) is 10.9. The maximum Gasteiger partial charge on any atom is 0.120 e. The summed E-state index contributed by atoms with van der Waals surface area (Å²) in [4.78, 5) is 0. The van der Waals surface area contributed by atoms with Gasteiger partial charge in [-0.1, -0.05) is 64.5 Å². The molecule has 1 heterocycles. The summed E-state index contributed by atoms with van der Waals surface area (Å²) >= 11 is 0. The molecule has 3 aromatic rings. The van der Waals surface area contributed by atoms with E-state index in [1.807, 2.05) is 10.7 Å². The van der Waals surface area contributed by atoms with Crippen LogP contribution in [0.3, 0.4) is 0 Å². The average Bonchev–Trinajstić information content (AvgIpc) is 3.15. The van der Waals surface area contributed by atoms with Gasteiger partial charge in [0.25, 0.3) is 0 Å². The lowest BCUT2D eigenvalue weighted by atomic mass is 10.1. The van der Waals surface area contributed by atoms with Crippen molar-refractivity contribution in [2.75, 3.05) is 6.61 Å². The molecular weight excluding hydrogens is 344 g/mol. The molecule has 0 amide bonds. The van der Waals surface area contributed by atoms with Gasteiger partial charge in [0.2, 0.25) is 0 Å². The molecule has 2 aromatic carbocycles. The Morgan fingerprint density at radius 2 is 1.57 bits per heavy atom. The molecule has 150 valence electrons. The van der Waals surface area contributed by atoms with Crippen LogP contribution in [0.4, 0.5) is 0 Å². The van der Waals surface area contributed by atoms with Gasteiger partial charge in [-0.15, -0.1) is 0 Å². The highest BCUT2D eigenvalue weighted by atomic mass is 16.5. The molecule has 0 bridgehead atoms. The highest BCUT2D eigenvalue weighted by molar-refractivity contribution is 5.80. The number of aryl methyl sites for hydroxylation is 1. The van der Waals surface area contributed by atoms with Crippen molar-refractivity contribution in [2.24, 2.45) is 0 Å². The number of benzene rings is 2. The number of aromatic nitrogens is 2. The standard InChI is InChI=1S/C25H34N2O/c1-3-5-7-9-11-21-12-14-23(15-13-21)27-20-22-19-24(16-17-25(22)26-27)28-18-10-8-6-4-2/h12-17,19-20H,3-11,18H2,1-2H3. The molecule has 3 rings (SSSR count). The van der Waals surface area contributed by atoms with Crippen LogP contribution in [0.25, 0.3) is 16.6 Å². The van der Waals surface area contributed by atoms with E-state index in [1.165, 1.54) is 56.9 Å². The average molecular weight is 379 g/mol. The molecule has 0 saturated heterocycles. The van der Waals surface area contributed by atoms with Crippen LogP contribution in [0.1, 0.15) is 70.8 Å². The summed E-state index contributed by atoms with van der Waals surface area (Å²) in [5.74, 6) is 0.936. The van der Waals surface area contributed by atoms with E-state index in [0.717, 1.165) is 35.4 Å². The lowest BCUT2D eigenvalue weighted by molar-refractivity contribution is 0.305. The lowest BCUT2D eigenvalue weighted by Gasteiger charge is -2.05. The molecule has 0 unspecified atom stereocenters. The van der Waals surface area contributed by atoms with Crippen LogP contribution in [0.2, 0.25) is 0 Å². The molecule has 0 N–H and O–H groups in total. The van der Waals surface area contributed by atoms with E-state index in [4.69, 9.17) is 9.84 Å². The summed E-state index contributed by atoms with van der Waals surface area (Å²) in [5, 5.41) is 5.84. The number of ether oxygens (including phenoxy) is 1. The van der Waals surface area contributed by atoms with Crippen LogP contribution in [0.5, 0.6) is 5.75 Å². The topological polar surface area (TPSA) is 27.1 Å². The minimum Gasteiger partial charge on any atom is -0.494 e. The lowest BCUT2D eigenvalue weighted by Crippen LogP contribution is -1.96. The van der Waals surface area contributed by atoms with Crippen LogP contribution in [0, 0.1) is 0 Å². The Kier molecular flexibility index (Phi) is 7.95. The Balaban J connectivity index is 1.60. The smallest absolute Gasteiger partial charge is 0.120 e. The van der Waals surface area contributed by atoms with Crippen molar-refractivity contribution < 1.29 is 4.74 Å². The fourth-order valence-corrected chi connectivity index (χ4v) is 3.52. The number of rotatable bonds is 12. The van der Waals surface area contributed by atoms with E-state index in [0.29, 0.717) is 0 Å². The van der Waals surface area contributed by atoms with Crippen LogP contribution >= 0.6 is 0 Å². The molecule has 0 atom stereocenters. The quantitative estimate of drug-likeness (QED) is 0.314. The normalized spacial score (nSPS) is 11.2. The Labute approximate surface area is 169 Å². The molecule has 0 aliphatic rings. The SMILES string of the molecule is CCCCCCOc1ccc2nn(-c3ccc(CCCCCC)cc3)cc2c1. The first-order valence-electron chi connectivity index (χ1n) is 11.0. The van der Waals surface area contributed by atoms with Crippen LogP contribution in [-0.4, -0.2) is 16.4 Å². The van der Waals surface area contributed by atoms with Crippen LogP contribution < -0.4 is 4.74 Å². The van der Waals surface area contributed by atoms with Crippen molar-refractivity contribution in [3.8, 4) is 11.4 Å². The molecule has 3 nitrogen and oxygen atoms in total. The predicted octanol–water partition coefficient (Wildman–Crippen LogP) is 7.11. The van der Waals surface area contributed by atoms with E-state index in [-0.39, 0.29) is 0 Å². The van der Waals surface area contributed by atoms with E-state index >= 15 is 0 Å². The van der Waals surface area contributed by atoms with E-state index in [9.17, 15) is 0 Å². The van der Waals surface area contributed by atoms with Gasteiger partial charge in [-0.05, 0) is 55.2 Å². The van der Waals surface area contributed by atoms with Gasteiger partial charge in [0, 0.05) is 11.6 Å². The number of hydrogen-bond donors (Lipinski definition) is 0. The Hall–Kier alpha value is -2.29. The second-order valence-corrected chi connectivity index (χ2v) is 7.68. The zero-order chi connectivity index (χ0) is 19.6. The van der Waals surface area contributed by atoms with E-state index in [2.05, 4.69) is 56.4 Å². The first-order chi connectivity index (χ1) is 13.8. The summed E-state index contributed by atoms with van der Waals surface area (Å²) in [6.07, 6.45) is 13.4. The van der Waals surface area contributed by atoms with Gasteiger partial charge in [0.15, 0.2) is 0 Å². The Morgan fingerprint density at radius 1 is 0.821 bits per heavy atom. The van der Waals surface area contributed by atoms with Crippen molar-refractivity contribution in [2.45, 2.75) is 71.6 Å². The second-order valence-electron chi connectivity index (χ2n) is 7.68. The summed E-state index contributed by atoms with van der Waals surface area (Å²) in [6.45, 7) is 5.28. The number of nitrogens with zero attached hydrogens (tertiary/aromatic N) is 2. The van der Waals surface area contributed by atoms with Gasteiger partial charge in [-0.25, -0.2) is 4.68 Å². The Bertz CT molecular complexity index is 835. The minimum atomic E-state index is 0.791. The van der Waals surface area contributed by atoms with E-state index in [1.54, 1.807) is 0 Å². The first-order valence-corrected chi connectivity index (χ1v) is 11.0. The maximum atomic E-state index is 5.91. The van der Waals surface area contributed by atoms with Gasteiger partial charge >= 0.3 is 0 Å². The molecular formula is C25H34N2O. The van der Waals surface area contributed by atoms with Crippen LogP contribution in [0.15, 0.2) is 48.7 Å². The zero-order valence-corrected chi connectivity index (χ0v) is 17.5. The van der Waals surface area contributed by atoms with Crippen molar-refractivity contribution in [3.63, 3.8) is 0 Å².